The van der Waals surface area contributed by atoms with E-state index in [9.17, 15) is 18.3 Å². The third-order valence-electron chi connectivity index (χ3n) is 3.24. The van der Waals surface area contributed by atoms with Crippen molar-refractivity contribution in [3.8, 4) is 0 Å². The van der Waals surface area contributed by atoms with Gasteiger partial charge in [-0.2, -0.15) is 0 Å². The van der Waals surface area contributed by atoms with E-state index in [1.54, 1.807) is 0 Å². The van der Waals surface area contributed by atoms with Crippen LogP contribution in [0.25, 0.3) is 11.0 Å². The van der Waals surface area contributed by atoms with Gasteiger partial charge in [0.2, 0.25) is 0 Å². The first-order chi connectivity index (χ1) is 10.0. The number of benzene rings is 2. The Morgan fingerprint density at radius 3 is 2.52 bits per heavy atom. The van der Waals surface area contributed by atoms with E-state index in [1.165, 1.54) is 30.3 Å². The highest BCUT2D eigenvalue weighted by atomic mass is 19.2. The molecule has 0 spiro atoms. The molecule has 0 aliphatic rings. The maximum atomic E-state index is 13.1. The van der Waals surface area contributed by atoms with Gasteiger partial charge in [-0.1, -0.05) is 6.07 Å². The van der Waals surface area contributed by atoms with Crippen LogP contribution in [0.3, 0.4) is 0 Å². The molecule has 0 amide bonds. The van der Waals surface area contributed by atoms with Gasteiger partial charge in [-0.3, -0.25) is 0 Å². The lowest BCUT2D eigenvalue weighted by atomic mass is 10.1. The molecule has 1 unspecified atom stereocenters. The molecule has 0 saturated carbocycles. The fraction of sp³-hybridized carbons (Fsp3) is 0.125. The van der Waals surface area contributed by atoms with Crippen LogP contribution in [0.1, 0.15) is 17.4 Å². The molecule has 1 heterocycles. The lowest BCUT2D eigenvalue weighted by Crippen LogP contribution is -2.01. The third kappa shape index (κ3) is 2.78. The second kappa shape index (κ2) is 5.26. The monoisotopic (exact) mass is 292 g/mol. The van der Waals surface area contributed by atoms with Crippen molar-refractivity contribution in [2.24, 2.45) is 0 Å². The minimum Gasteiger partial charge on any atom is -0.458 e. The zero-order chi connectivity index (χ0) is 15.0. The largest absolute Gasteiger partial charge is 0.458 e. The quantitative estimate of drug-likeness (QED) is 0.787. The van der Waals surface area contributed by atoms with Gasteiger partial charge >= 0.3 is 0 Å². The van der Waals surface area contributed by atoms with E-state index in [2.05, 4.69) is 0 Å². The Hall–Kier alpha value is -2.27. The molecule has 5 heteroatoms. The summed E-state index contributed by atoms with van der Waals surface area (Å²) in [6, 6.07) is 8.99. The number of hydrogen-bond donors (Lipinski definition) is 1. The standard InChI is InChI=1S/C16H11F3O2/c17-11-2-4-15-10(7-11)8-16(21-15)14(20)6-9-1-3-12(18)13(19)5-9/h1-5,7-8,14,20H,6H2. The van der Waals surface area contributed by atoms with Crippen LogP contribution >= 0.6 is 0 Å². The van der Waals surface area contributed by atoms with Crippen molar-refractivity contribution in [1.29, 1.82) is 0 Å². The zero-order valence-electron chi connectivity index (χ0n) is 10.8. The van der Waals surface area contributed by atoms with Crippen molar-refractivity contribution >= 4 is 11.0 Å². The Kier molecular flexibility index (Phi) is 3.43. The number of rotatable bonds is 3. The van der Waals surface area contributed by atoms with E-state index >= 15 is 0 Å². The molecule has 1 atom stereocenters. The molecule has 2 nitrogen and oxygen atoms in total. The first-order valence-electron chi connectivity index (χ1n) is 6.34. The summed E-state index contributed by atoms with van der Waals surface area (Å²) in [5.41, 5.74) is 0.892. The fourth-order valence-electron chi connectivity index (χ4n) is 2.19. The zero-order valence-corrected chi connectivity index (χ0v) is 10.8. The van der Waals surface area contributed by atoms with E-state index in [0.717, 1.165) is 12.1 Å². The summed E-state index contributed by atoms with van der Waals surface area (Å²) >= 11 is 0. The minimum atomic E-state index is -1.02. The summed E-state index contributed by atoms with van der Waals surface area (Å²) in [5.74, 6) is -2.05. The van der Waals surface area contributed by atoms with Crippen LogP contribution in [0.5, 0.6) is 0 Å². The average Bonchev–Trinajstić information content (AvgIpc) is 2.86. The molecule has 0 saturated heterocycles. The second-order valence-corrected chi connectivity index (χ2v) is 4.80. The van der Waals surface area contributed by atoms with Crippen LogP contribution in [-0.2, 0) is 6.42 Å². The van der Waals surface area contributed by atoms with Crippen molar-refractivity contribution in [2.75, 3.05) is 0 Å². The van der Waals surface area contributed by atoms with Gasteiger partial charge in [0, 0.05) is 11.8 Å². The lowest BCUT2D eigenvalue weighted by molar-refractivity contribution is 0.152. The van der Waals surface area contributed by atoms with Gasteiger partial charge in [0.15, 0.2) is 11.6 Å². The molecule has 0 radical (unpaired) electrons. The molecule has 3 rings (SSSR count). The van der Waals surface area contributed by atoms with Crippen molar-refractivity contribution in [3.05, 3.63) is 71.2 Å². The smallest absolute Gasteiger partial charge is 0.159 e. The molecule has 0 aliphatic heterocycles. The number of aliphatic hydroxyl groups is 1. The molecule has 1 aromatic heterocycles. The number of aliphatic hydroxyl groups excluding tert-OH is 1. The highest BCUT2D eigenvalue weighted by Gasteiger charge is 2.15. The van der Waals surface area contributed by atoms with Crippen molar-refractivity contribution in [1.82, 2.24) is 0 Å². The SMILES string of the molecule is OC(Cc1ccc(F)c(F)c1)c1cc2cc(F)ccc2o1. The Bertz CT molecular complexity index is 795. The molecule has 0 aliphatic carbocycles. The predicted molar refractivity (Wildman–Crippen MR) is 71.2 cm³/mol. The first kappa shape index (κ1) is 13.7. The third-order valence-corrected chi connectivity index (χ3v) is 3.24. The van der Waals surface area contributed by atoms with Crippen LogP contribution in [-0.4, -0.2) is 5.11 Å². The lowest BCUT2D eigenvalue weighted by Gasteiger charge is -2.07. The van der Waals surface area contributed by atoms with Gasteiger partial charge in [-0.25, -0.2) is 13.2 Å². The molecular weight excluding hydrogens is 281 g/mol. The molecule has 108 valence electrons. The highest BCUT2D eigenvalue weighted by Crippen LogP contribution is 2.27. The first-order valence-corrected chi connectivity index (χ1v) is 6.34. The number of furan rings is 1. The van der Waals surface area contributed by atoms with Gasteiger partial charge in [0.05, 0.1) is 0 Å². The molecule has 2 aromatic carbocycles. The number of hydrogen-bond acceptors (Lipinski definition) is 2. The predicted octanol–water partition coefficient (Wildman–Crippen LogP) is 4.13. The van der Waals surface area contributed by atoms with E-state index in [1.807, 2.05) is 0 Å². The molecule has 0 fully saturated rings. The Morgan fingerprint density at radius 2 is 1.76 bits per heavy atom. The van der Waals surface area contributed by atoms with E-state index in [4.69, 9.17) is 4.42 Å². The van der Waals surface area contributed by atoms with E-state index in [-0.39, 0.29) is 12.2 Å². The number of fused-ring (bicyclic) bond motifs is 1. The summed E-state index contributed by atoms with van der Waals surface area (Å²) in [7, 11) is 0. The van der Waals surface area contributed by atoms with Crippen molar-refractivity contribution in [3.63, 3.8) is 0 Å². The Morgan fingerprint density at radius 1 is 0.952 bits per heavy atom. The normalized spacial score (nSPS) is 12.8. The second-order valence-electron chi connectivity index (χ2n) is 4.80. The summed E-state index contributed by atoms with van der Waals surface area (Å²) < 4.78 is 44.5. The van der Waals surface area contributed by atoms with Gasteiger partial charge in [-0.15, -0.1) is 0 Å². The topological polar surface area (TPSA) is 33.4 Å². The summed E-state index contributed by atoms with van der Waals surface area (Å²) in [6.45, 7) is 0. The van der Waals surface area contributed by atoms with Crippen LogP contribution < -0.4 is 0 Å². The van der Waals surface area contributed by atoms with Gasteiger partial charge in [0.1, 0.15) is 23.3 Å². The molecule has 21 heavy (non-hydrogen) atoms. The molecule has 1 N–H and O–H groups in total. The van der Waals surface area contributed by atoms with Crippen LogP contribution in [0.15, 0.2) is 46.9 Å². The van der Waals surface area contributed by atoms with Crippen molar-refractivity contribution < 1.29 is 22.7 Å². The van der Waals surface area contributed by atoms with E-state index < -0.39 is 23.6 Å². The fourth-order valence-corrected chi connectivity index (χ4v) is 2.19. The van der Waals surface area contributed by atoms with Crippen LogP contribution in [0.2, 0.25) is 0 Å². The maximum Gasteiger partial charge on any atom is 0.159 e. The Balaban J connectivity index is 1.85. The summed E-state index contributed by atoms with van der Waals surface area (Å²) in [4.78, 5) is 0. The van der Waals surface area contributed by atoms with Gasteiger partial charge in [-0.05, 0) is 42.0 Å². The summed E-state index contributed by atoms with van der Waals surface area (Å²) in [6.07, 6.45) is -0.954. The van der Waals surface area contributed by atoms with E-state index in [0.29, 0.717) is 16.5 Å². The van der Waals surface area contributed by atoms with Gasteiger partial charge in [0.25, 0.3) is 0 Å². The molecular formula is C16H11F3O2. The minimum absolute atomic E-state index is 0.0690. The van der Waals surface area contributed by atoms with Crippen LogP contribution in [0.4, 0.5) is 13.2 Å². The molecule has 3 aromatic rings. The van der Waals surface area contributed by atoms with Crippen molar-refractivity contribution in [2.45, 2.75) is 12.5 Å². The summed E-state index contributed by atoms with van der Waals surface area (Å²) in [5, 5.41) is 10.6. The number of halogens is 3. The highest BCUT2D eigenvalue weighted by molar-refractivity contribution is 5.77. The Labute approximate surface area is 118 Å². The van der Waals surface area contributed by atoms with Gasteiger partial charge < -0.3 is 9.52 Å². The average molecular weight is 292 g/mol. The molecule has 0 bridgehead atoms. The van der Waals surface area contributed by atoms with Crippen LogP contribution in [0, 0.1) is 17.5 Å². The maximum absolute atomic E-state index is 13.1.